The molecular weight excluding hydrogens is 208 g/mol. The Hall–Kier alpha value is -2.53. The lowest BCUT2D eigenvalue weighted by atomic mass is 10.1. The van der Waals surface area contributed by atoms with E-state index < -0.39 is 0 Å². The minimum atomic E-state index is 0.674. The summed E-state index contributed by atoms with van der Waals surface area (Å²) in [5.74, 6) is 0. The summed E-state index contributed by atoms with van der Waals surface area (Å²) < 4.78 is 0. The molecule has 79 valence electrons. The van der Waals surface area contributed by atoms with Crippen LogP contribution in [0.1, 0.15) is 5.56 Å². The maximum absolute atomic E-state index is 8.88. The van der Waals surface area contributed by atoms with Crippen molar-refractivity contribution < 1.29 is 0 Å². The Morgan fingerprint density at radius 3 is 2.94 bits per heavy atom. The SMILES string of the molecule is N#Cc1cccc(-c2cc3c[c]ccc3[nH]2)c1. The van der Waals surface area contributed by atoms with Crippen LogP contribution in [0.2, 0.25) is 0 Å². The molecule has 1 aromatic heterocycles. The van der Waals surface area contributed by atoms with Crippen molar-refractivity contribution in [3.05, 3.63) is 60.2 Å². The van der Waals surface area contributed by atoms with E-state index in [0.29, 0.717) is 5.56 Å². The third-order valence-corrected chi connectivity index (χ3v) is 2.77. The van der Waals surface area contributed by atoms with Crippen molar-refractivity contribution in [2.45, 2.75) is 0 Å². The van der Waals surface area contributed by atoms with E-state index in [1.807, 2.05) is 36.4 Å². The number of nitrogens with one attached hydrogen (secondary N) is 1. The van der Waals surface area contributed by atoms with E-state index in [1.54, 1.807) is 6.07 Å². The molecule has 0 unspecified atom stereocenters. The predicted octanol–water partition coefficient (Wildman–Crippen LogP) is 3.51. The molecule has 0 aliphatic heterocycles. The molecule has 0 atom stereocenters. The fraction of sp³-hybridized carbons (Fsp3) is 0. The highest BCUT2D eigenvalue weighted by atomic mass is 14.7. The van der Waals surface area contributed by atoms with Gasteiger partial charge in [0.1, 0.15) is 0 Å². The van der Waals surface area contributed by atoms with Gasteiger partial charge in [-0.1, -0.05) is 18.2 Å². The standard InChI is InChI=1S/C15H9N2/c16-10-11-4-3-6-12(8-11)15-9-13-5-1-2-7-14(13)17-15/h2-9,17H. The fourth-order valence-corrected chi connectivity index (χ4v) is 1.93. The van der Waals surface area contributed by atoms with Gasteiger partial charge in [0.25, 0.3) is 0 Å². The molecule has 0 bridgehead atoms. The summed E-state index contributed by atoms with van der Waals surface area (Å²) >= 11 is 0. The van der Waals surface area contributed by atoms with Crippen LogP contribution in [-0.4, -0.2) is 4.98 Å². The van der Waals surface area contributed by atoms with Crippen molar-refractivity contribution >= 4 is 10.9 Å². The summed E-state index contributed by atoms with van der Waals surface area (Å²) in [6.45, 7) is 0. The van der Waals surface area contributed by atoms with Gasteiger partial charge in [-0.05, 0) is 42.0 Å². The van der Waals surface area contributed by atoms with Crippen molar-refractivity contribution in [2.75, 3.05) is 0 Å². The van der Waals surface area contributed by atoms with E-state index in [0.717, 1.165) is 22.2 Å². The Bertz CT molecular complexity index is 684. The molecule has 0 spiro atoms. The number of benzene rings is 2. The number of rotatable bonds is 1. The zero-order valence-electron chi connectivity index (χ0n) is 9.07. The first-order valence-electron chi connectivity index (χ1n) is 5.36. The van der Waals surface area contributed by atoms with Gasteiger partial charge in [0, 0.05) is 16.6 Å². The zero-order chi connectivity index (χ0) is 11.7. The van der Waals surface area contributed by atoms with E-state index in [-0.39, 0.29) is 0 Å². The molecule has 0 saturated heterocycles. The third-order valence-electron chi connectivity index (χ3n) is 2.77. The predicted molar refractivity (Wildman–Crippen MR) is 67.3 cm³/mol. The fourth-order valence-electron chi connectivity index (χ4n) is 1.93. The number of nitriles is 1. The molecule has 0 aliphatic rings. The van der Waals surface area contributed by atoms with E-state index in [4.69, 9.17) is 5.26 Å². The number of hydrogen-bond acceptors (Lipinski definition) is 1. The van der Waals surface area contributed by atoms with Crippen LogP contribution < -0.4 is 0 Å². The molecule has 2 aromatic carbocycles. The third kappa shape index (κ3) is 1.68. The van der Waals surface area contributed by atoms with E-state index in [1.165, 1.54) is 0 Å². The van der Waals surface area contributed by atoms with Crippen LogP contribution in [0.4, 0.5) is 0 Å². The quantitative estimate of drug-likeness (QED) is 0.665. The van der Waals surface area contributed by atoms with E-state index >= 15 is 0 Å². The second-order valence-corrected chi connectivity index (χ2v) is 3.89. The van der Waals surface area contributed by atoms with Crippen LogP contribution in [0.25, 0.3) is 22.2 Å². The van der Waals surface area contributed by atoms with Crippen LogP contribution in [-0.2, 0) is 0 Å². The molecule has 2 heteroatoms. The zero-order valence-corrected chi connectivity index (χ0v) is 9.07. The van der Waals surface area contributed by atoms with Crippen molar-refractivity contribution in [3.63, 3.8) is 0 Å². The van der Waals surface area contributed by atoms with Gasteiger partial charge in [0.05, 0.1) is 11.6 Å². The molecule has 1 N–H and O–H groups in total. The first kappa shape index (κ1) is 9.68. The number of H-pyrrole nitrogens is 1. The summed E-state index contributed by atoms with van der Waals surface area (Å²) in [6.07, 6.45) is 0. The van der Waals surface area contributed by atoms with Gasteiger partial charge < -0.3 is 4.98 Å². The first-order valence-corrected chi connectivity index (χ1v) is 5.36. The summed E-state index contributed by atoms with van der Waals surface area (Å²) in [5.41, 5.74) is 3.81. The van der Waals surface area contributed by atoms with Crippen LogP contribution in [0.3, 0.4) is 0 Å². The maximum atomic E-state index is 8.88. The Balaban J connectivity index is 2.17. The highest BCUT2D eigenvalue weighted by Gasteiger charge is 2.03. The van der Waals surface area contributed by atoms with E-state index in [2.05, 4.69) is 23.2 Å². The molecule has 0 amide bonds. The van der Waals surface area contributed by atoms with Gasteiger partial charge in [-0.3, -0.25) is 0 Å². The molecular formula is C15H9N2. The normalized spacial score (nSPS) is 10.3. The van der Waals surface area contributed by atoms with Gasteiger partial charge >= 0.3 is 0 Å². The van der Waals surface area contributed by atoms with E-state index in [9.17, 15) is 0 Å². The topological polar surface area (TPSA) is 39.6 Å². The molecule has 0 fully saturated rings. The number of aromatic nitrogens is 1. The lowest BCUT2D eigenvalue weighted by Gasteiger charge is -1.97. The lowest BCUT2D eigenvalue weighted by molar-refractivity contribution is 1.43. The van der Waals surface area contributed by atoms with Gasteiger partial charge in [-0.2, -0.15) is 5.26 Å². The monoisotopic (exact) mass is 217 g/mol. The lowest BCUT2D eigenvalue weighted by Crippen LogP contribution is -1.79. The highest BCUT2D eigenvalue weighted by Crippen LogP contribution is 2.24. The minimum absolute atomic E-state index is 0.674. The van der Waals surface area contributed by atoms with Crippen molar-refractivity contribution in [3.8, 4) is 17.3 Å². The smallest absolute Gasteiger partial charge is 0.0991 e. The van der Waals surface area contributed by atoms with Crippen LogP contribution in [0, 0.1) is 17.4 Å². The molecule has 2 nitrogen and oxygen atoms in total. The Morgan fingerprint density at radius 2 is 2.12 bits per heavy atom. The number of hydrogen-bond donors (Lipinski definition) is 1. The van der Waals surface area contributed by atoms with Crippen molar-refractivity contribution in [1.29, 1.82) is 5.26 Å². The molecule has 1 heterocycles. The maximum Gasteiger partial charge on any atom is 0.0991 e. The Labute approximate surface area is 99.1 Å². The number of fused-ring (bicyclic) bond motifs is 1. The Kier molecular flexibility index (Phi) is 2.16. The largest absolute Gasteiger partial charge is 0.355 e. The molecule has 3 aromatic rings. The average Bonchev–Trinajstić information content (AvgIpc) is 2.82. The summed E-state index contributed by atoms with van der Waals surface area (Å²) in [4.78, 5) is 3.33. The first-order chi connectivity index (χ1) is 8.36. The van der Waals surface area contributed by atoms with Crippen molar-refractivity contribution in [1.82, 2.24) is 4.98 Å². The summed E-state index contributed by atoms with van der Waals surface area (Å²) in [6, 6.07) is 20.7. The van der Waals surface area contributed by atoms with Crippen molar-refractivity contribution in [2.24, 2.45) is 0 Å². The molecule has 17 heavy (non-hydrogen) atoms. The second-order valence-electron chi connectivity index (χ2n) is 3.89. The van der Waals surface area contributed by atoms with Crippen LogP contribution in [0.15, 0.2) is 48.5 Å². The van der Waals surface area contributed by atoms with Gasteiger partial charge in [-0.15, -0.1) is 0 Å². The molecule has 0 saturated carbocycles. The highest BCUT2D eigenvalue weighted by molar-refractivity contribution is 5.85. The van der Waals surface area contributed by atoms with Gasteiger partial charge in [0.15, 0.2) is 0 Å². The average molecular weight is 217 g/mol. The number of nitrogens with zero attached hydrogens (tertiary/aromatic N) is 1. The van der Waals surface area contributed by atoms with Gasteiger partial charge in [0.2, 0.25) is 0 Å². The minimum Gasteiger partial charge on any atom is -0.355 e. The van der Waals surface area contributed by atoms with Crippen LogP contribution >= 0.6 is 0 Å². The summed E-state index contributed by atoms with van der Waals surface area (Å²) in [5, 5.41) is 10.0. The Morgan fingerprint density at radius 1 is 1.18 bits per heavy atom. The summed E-state index contributed by atoms with van der Waals surface area (Å²) in [7, 11) is 0. The number of aromatic amines is 1. The second kappa shape index (κ2) is 3.80. The molecule has 3 rings (SSSR count). The molecule has 0 aliphatic carbocycles. The van der Waals surface area contributed by atoms with Gasteiger partial charge in [-0.25, -0.2) is 0 Å². The van der Waals surface area contributed by atoms with Crippen LogP contribution in [0.5, 0.6) is 0 Å². The molecule has 1 radical (unpaired) electrons.